The summed E-state index contributed by atoms with van der Waals surface area (Å²) >= 11 is 0. The van der Waals surface area contributed by atoms with Gasteiger partial charge in [-0.2, -0.15) is 18.1 Å². The van der Waals surface area contributed by atoms with Gasteiger partial charge in [0.05, 0.1) is 34.9 Å². The molecule has 0 saturated carbocycles. The summed E-state index contributed by atoms with van der Waals surface area (Å²) in [4.78, 5) is 90.7. The van der Waals surface area contributed by atoms with Crippen molar-refractivity contribution in [3.63, 3.8) is 0 Å². The number of ether oxygens (including phenoxy) is 6. The zero-order chi connectivity index (χ0) is 76.4. The molecule has 4 aromatic heterocycles. The van der Waals surface area contributed by atoms with Crippen molar-refractivity contribution in [1.82, 2.24) is 49.1 Å². The van der Waals surface area contributed by atoms with Gasteiger partial charge in [-0.3, -0.25) is 9.59 Å². The Morgan fingerprint density at radius 3 is 1.23 bits per heavy atom. The molecule has 0 fully saturated rings. The van der Waals surface area contributed by atoms with Crippen LogP contribution in [0.4, 0.5) is 28.0 Å². The summed E-state index contributed by atoms with van der Waals surface area (Å²) in [7, 11) is 6.70. The summed E-state index contributed by atoms with van der Waals surface area (Å²) in [5.74, 6) is -1.10. The zero-order valence-corrected chi connectivity index (χ0v) is 63.1. The highest BCUT2D eigenvalue weighted by atomic mass is 19.1. The minimum atomic E-state index is -0.790. The molecule has 104 heavy (non-hydrogen) atoms. The van der Waals surface area contributed by atoms with Crippen molar-refractivity contribution < 1.29 is 66.0 Å². The molecule has 22 nitrogen and oxygen atoms in total. The molecule has 8 aromatic rings. The molecule has 4 aromatic carbocycles. The van der Waals surface area contributed by atoms with E-state index in [1.807, 2.05) is 84.9 Å². The van der Waals surface area contributed by atoms with Crippen LogP contribution in [-0.4, -0.2) is 175 Å². The highest BCUT2D eigenvalue weighted by molar-refractivity contribution is 6.02. The average molecular weight is 1430 g/mol. The number of halogens is 2. The lowest BCUT2D eigenvalue weighted by Gasteiger charge is -2.27. The zero-order valence-electron chi connectivity index (χ0n) is 63.1. The molecular formula is C80H98F2N10O12. The third-order valence-electron chi connectivity index (χ3n) is 15.5. The highest BCUT2D eigenvalue weighted by Crippen LogP contribution is 2.39. The topological polar surface area (TPSA) is 232 Å². The quantitative estimate of drug-likeness (QED) is 0.0329. The second-order valence-electron chi connectivity index (χ2n) is 28.9. The van der Waals surface area contributed by atoms with Crippen molar-refractivity contribution >= 4 is 80.3 Å². The van der Waals surface area contributed by atoms with E-state index in [-0.39, 0.29) is 61.0 Å². The van der Waals surface area contributed by atoms with Crippen molar-refractivity contribution in [3.8, 4) is 11.8 Å². The van der Waals surface area contributed by atoms with Gasteiger partial charge in [-0.1, -0.05) is 92.7 Å². The lowest BCUT2D eigenvalue weighted by molar-refractivity contribution is -0.129. The van der Waals surface area contributed by atoms with Gasteiger partial charge in [-0.05, 0) is 183 Å². The number of benzene rings is 4. The van der Waals surface area contributed by atoms with Gasteiger partial charge in [0, 0.05) is 89.4 Å². The van der Waals surface area contributed by atoms with E-state index in [9.17, 15) is 28.8 Å². The maximum atomic E-state index is 15.3. The summed E-state index contributed by atoms with van der Waals surface area (Å²) in [6.07, 6.45) is 5.96. The molecule has 0 atom stereocenters. The van der Waals surface area contributed by atoms with Crippen LogP contribution in [0.15, 0.2) is 146 Å². The number of hydrogen-bond acceptors (Lipinski definition) is 16. The van der Waals surface area contributed by atoms with E-state index in [1.54, 1.807) is 166 Å². The first kappa shape index (κ1) is 80.5. The van der Waals surface area contributed by atoms with Crippen LogP contribution in [0.25, 0.3) is 44.1 Å². The summed E-state index contributed by atoms with van der Waals surface area (Å²) in [6, 6.07) is 37.4. The van der Waals surface area contributed by atoms with Gasteiger partial charge < -0.3 is 48.0 Å². The van der Waals surface area contributed by atoms with E-state index >= 15 is 8.78 Å². The molecule has 0 aliphatic rings. The standard InChI is InChI=1S/C40H50FN5O6.C40H48FN5O6/c2*1-10-30(27-15-12-11-13-16-27)35(28-18-20-32-31(25-28)36(41)43-46(32)38(49)52-40(5,6)7)29-19-21-33(42-26-29)50-24-23-45(37(48)51-39(2,3)4)22-14-17-34(47)44(8)9/h11-13,15-16,18-21,25-26H,10,14,17,22-24H2,1-9H3;11-21,25-26H,10,22-24H2,1-9H3/b35-30-;17-14+,35-30-. The average Bonchev–Trinajstić information content (AvgIpc) is 1.55. The molecule has 8 rings (SSSR count). The van der Waals surface area contributed by atoms with E-state index < -0.39 is 58.7 Å². The molecule has 24 heteroatoms. The summed E-state index contributed by atoms with van der Waals surface area (Å²) in [5.41, 5.74) is 6.27. The number of hydrogen-bond donors (Lipinski definition) is 0. The monoisotopic (exact) mass is 1430 g/mol. The molecule has 4 heterocycles. The maximum Gasteiger partial charge on any atom is 0.435 e. The van der Waals surface area contributed by atoms with Crippen LogP contribution in [0.2, 0.25) is 0 Å². The fraction of sp³-hybridized carbons (Fsp3) is 0.400. The lowest BCUT2D eigenvalue weighted by atomic mass is 9.88. The van der Waals surface area contributed by atoms with E-state index in [0.717, 1.165) is 53.9 Å². The molecule has 0 aliphatic carbocycles. The van der Waals surface area contributed by atoms with Crippen LogP contribution in [0.1, 0.15) is 156 Å². The van der Waals surface area contributed by atoms with E-state index in [0.29, 0.717) is 60.6 Å². The Labute approximate surface area is 608 Å². The van der Waals surface area contributed by atoms with Gasteiger partial charge in [0.15, 0.2) is 0 Å². The number of allylic oxidation sites excluding steroid dienone is 2. The number of likely N-dealkylation sites (N-methyl/N-ethyl adjacent to an activating group) is 1. The first-order valence-electron chi connectivity index (χ1n) is 34.6. The fourth-order valence-electron chi connectivity index (χ4n) is 10.7. The summed E-state index contributed by atoms with van der Waals surface area (Å²) in [6.45, 7) is 26.4. The fourth-order valence-corrected chi connectivity index (χ4v) is 10.7. The van der Waals surface area contributed by atoms with Crippen LogP contribution in [0.5, 0.6) is 11.8 Å². The van der Waals surface area contributed by atoms with Crippen LogP contribution >= 0.6 is 0 Å². The number of carbonyl (C=O) groups is 6. The molecule has 0 unspecified atom stereocenters. The molecule has 0 bridgehead atoms. The minimum absolute atomic E-state index is 0.0162. The SMILES string of the molecule is CC/C(=C(/c1ccc(OCCN(C/C=C/C(=O)N(C)C)C(=O)OC(C)(C)C)nc1)c1ccc2c(c1)c(F)nn2C(=O)OC(C)(C)C)c1ccccc1.CC/C(=C(/c1ccc(OCCN(CCCC(=O)N(C)C)C(=O)OC(C)(C)C)nc1)c1ccc2c(c1)c(F)nn2C(=O)OC(C)(C)C)c1ccccc1. The number of rotatable bonds is 23. The lowest BCUT2D eigenvalue weighted by Crippen LogP contribution is -2.40. The van der Waals surface area contributed by atoms with Crippen molar-refractivity contribution in [2.24, 2.45) is 0 Å². The van der Waals surface area contributed by atoms with Gasteiger partial charge >= 0.3 is 24.4 Å². The highest BCUT2D eigenvalue weighted by Gasteiger charge is 2.28. The number of fused-ring (bicyclic) bond motifs is 2. The second-order valence-corrected chi connectivity index (χ2v) is 28.9. The number of pyridine rings is 2. The van der Waals surface area contributed by atoms with Gasteiger partial charge in [0.2, 0.25) is 35.5 Å². The Balaban J connectivity index is 0.000000291. The number of carbonyl (C=O) groups excluding carboxylic acids is 6. The molecule has 4 amide bonds. The van der Waals surface area contributed by atoms with Crippen LogP contribution in [0.3, 0.4) is 0 Å². The van der Waals surface area contributed by atoms with Gasteiger partial charge in [-0.15, -0.1) is 10.2 Å². The third kappa shape index (κ3) is 23.1. The Morgan fingerprint density at radius 2 is 0.865 bits per heavy atom. The van der Waals surface area contributed by atoms with Gasteiger partial charge in [0.1, 0.15) is 35.6 Å². The first-order chi connectivity index (χ1) is 48.9. The number of nitrogens with zero attached hydrogens (tertiary/aromatic N) is 10. The van der Waals surface area contributed by atoms with E-state index in [4.69, 9.17) is 28.4 Å². The Morgan fingerprint density at radius 1 is 0.471 bits per heavy atom. The molecule has 0 radical (unpaired) electrons. The molecule has 0 N–H and O–H groups in total. The Kier molecular flexibility index (Phi) is 27.4. The first-order valence-corrected chi connectivity index (χ1v) is 34.6. The van der Waals surface area contributed by atoms with Crippen LogP contribution in [-0.2, 0) is 28.5 Å². The molecular weight excluding hydrogens is 1330 g/mol. The number of aromatic nitrogens is 6. The second kappa shape index (κ2) is 35.4. The van der Waals surface area contributed by atoms with Gasteiger partial charge in [-0.25, -0.2) is 29.1 Å². The van der Waals surface area contributed by atoms with Crippen molar-refractivity contribution in [3.05, 3.63) is 191 Å². The largest absolute Gasteiger partial charge is 0.476 e. The predicted molar refractivity (Wildman–Crippen MR) is 399 cm³/mol. The normalized spacial score (nSPS) is 12.3. The maximum absolute atomic E-state index is 15.3. The molecule has 554 valence electrons. The number of amides is 4. The Bertz CT molecular complexity index is 4390. The third-order valence-corrected chi connectivity index (χ3v) is 15.5. The molecule has 0 spiro atoms. The van der Waals surface area contributed by atoms with Crippen LogP contribution in [0, 0.1) is 11.9 Å². The minimum Gasteiger partial charge on any atom is -0.476 e. The smallest absolute Gasteiger partial charge is 0.435 e. The van der Waals surface area contributed by atoms with E-state index in [2.05, 4.69) is 34.0 Å². The Hall–Kier alpha value is -10.8. The van der Waals surface area contributed by atoms with Crippen LogP contribution < -0.4 is 9.47 Å². The summed E-state index contributed by atoms with van der Waals surface area (Å²) < 4.78 is 66.5. The summed E-state index contributed by atoms with van der Waals surface area (Å²) in [5, 5.41) is 8.07. The van der Waals surface area contributed by atoms with E-state index in [1.165, 1.54) is 25.7 Å². The predicted octanol–water partition coefficient (Wildman–Crippen LogP) is 16.2. The van der Waals surface area contributed by atoms with Crippen molar-refractivity contribution in [2.45, 2.75) is 145 Å². The molecule has 0 aliphatic heterocycles. The molecule has 0 saturated heterocycles. The van der Waals surface area contributed by atoms with Crippen molar-refractivity contribution in [1.29, 1.82) is 0 Å². The van der Waals surface area contributed by atoms with Crippen molar-refractivity contribution in [2.75, 3.05) is 67.6 Å². The van der Waals surface area contributed by atoms with Gasteiger partial charge in [0.25, 0.3) is 0 Å².